The van der Waals surface area contributed by atoms with Gasteiger partial charge in [-0.2, -0.15) is 0 Å². The first-order chi connectivity index (χ1) is 10.1. The van der Waals surface area contributed by atoms with Crippen LogP contribution in [0.3, 0.4) is 0 Å². The molecule has 21 heavy (non-hydrogen) atoms. The first kappa shape index (κ1) is 14.4. The predicted octanol–water partition coefficient (Wildman–Crippen LogP) is 1.27. The molecular weight excluding hydrogens is 268 g/mol. The molecule has 1 aromatic carbocycles. The van der Waals surface area contributed by atoms with Gasteiger partial charge in [-0.1, -0.05) is 12.1 Å². The minimum atomic E-state index is -0.634. The lowest BCUT2D eigenvalue weighted by Gasteiger charge is -2.17. The molecule has 0 radical (unpaired) electrons. The van der Waals surface area contributed by atoms with Crippen molar-refractivity contribution in [1.82, 2.24) is 5.32 Å². The monoisotopic (exact) mass is 290 g/mol. The van der Waals surface area contributed by atoms with Crippen molar-refractivity contribution in [3.05, 3.63) is 29.3 Å². The van der Waals surface area contributed by atoms with Gasteiger partial charge in [0.15, 0.2) is 0 Å². The van der Waals surface area contributed by atoms with Crippen LogP contribution in [0.25, 0.3) is 0 Å². The van der Waals surface area contributed by atoms with Crippen LogP contribution in [0.4, 0.5) is 0 Å². The van der Waals surface area contributed by atoms with Gasteiger partial charge in [0, 0.05) is 18.5 Å². The molecule has 0 bridgehead atoms. The lowest BCUT2D eigenvalue weighted by Crippen LogP contribution is -2.42. The molecule has 3 rings (SSSR count). The quantitative estimate of drug-likeness (QED) is 0.856. The fraction of sp³-hybridized carbons (Fsp3) is 0.562. The maximum Gasteiger partial charge on any atom is 0.240 e. The van der Waals surface area contributed by atoms with Crippen molar-refractivity contribution < 1.29 is 14.3 Å². The normalized spacial score (nSPS) is 22.9. The van der Waals surface area contributed by atoms with E-state index in [0.717, 1.165) is 42.7 Å². The van der Waals surface area contributed by atoms with Crippen LogP contribution in [0.5, 0.6) is 5.75 Å². The lowest BCUT2D eigenvalue weighted by atomic mass is 10.1. The van der Waals surface area contributed by atoms with Crippen molar-refractivity contribution in [2.24, 2.45) is 5.73 Å². The standard InChI is InChI=1S/C16H22N2O3/c1-11-2-3-12(9-18-15(19)16(17)5-6-16)14(8-11)21-13-4-7-20-10-13/h2-3,8,13H,4-7,9-10,17H2,1H3,(H,18,19). The van der Waals surface area contributed by atoms with Crippen LogP contribution >= 0.6 is 0 Å². The first-order valence-corrected chi connectivity index (χ1v) is 7.48. The summed E-state index contributed by atoms with van der Waals surface area (Å²) in [5, 5.41) is 2.91. The van der Waals surface area contributed by atoms with Crippen molar-refractivity contribution in [3.63, 3.8) is 0 Å². The van der Waals surface area contributed by atoms with E-state index in [1.165, 1.54) is 0 Å². The second kappa shape index (κ2) is 5.66. The summed E-state index contributed by atoms with van der Waals surface area (Å²) in [7, 11) is 0. The molecule has 2 aliphatic rings. The van der Waals surface area contributed by atoms with Gasteiger partial charge in [-0.15, -0.1) is 0 Å². The summed E-state index contributed by atoms with van der Waals surface area (Å²) in [5.41, 5.74) is 7.37. The summed E-state index contributed by atoms with van der Waals surface area (Å²) >= 11 is 0. The Hall–Kier alpha value is -1.59. The van der Waals surface area contributed by atoms with Crippen LogP contribution in [-0.4, -0.2) is 30.8 Å². The zero-order chi connectivity index (χ0) is 14.9. The van der Waals surface area contributed by atoms with Gasteiger partial charge in [-0.05, 0) is 31.4 Å². The SMILES string of the molecule is Cc1ccc(CNC(=O)C2(N)CC2)c(OC2CCOC2)c1. The van der Waals surface area contributed by atoms with Gasteiger partial charge >= 0.3 is 0 Å². The average molecular weight is 290 g/mol. The van der Waals surface area contributed by atoms with Gasteiger partial charge in [-0.25, -0.2) is 0 Å². The van der Waals surface area contributed by atoms with E-state index in [-0.39, 0.29) is 12.0 Å². The number of nitrogens with two attached hydrogens (primary N) is 1. The fourth-order valence-electron chi connectivity index (χ4n) is 2.42. The van der Waals surface area contributed by atoms with Crippen LogP contribution in [-0.2, 0) is 16.1 Å². The Balaban J connectivity index is 1.66. The molecular formula is C16H22N2O3. The molecule has 1 aliphatic heterocycles. The summed E-state index contributed by atoms with van der Waals surface area (Å²) in [6.07, 6.45) is 2.56. The number of nitrogens with one attached hydrogen (secondary N) is 1. The highest BCUT2D eigenvalue weighted by Gasteiger charge is 2.45. The zero-order valence-electron chi connectivity index (χ0n) is 12.4. The number of hydrogen-bond donors (Lipinski definition) is 2. The largest absolute Gasteiger partial charge is 0.488 e. The maximum atomic E-state index is 11.9. The smallest absolute Gasteiger partial charge is 0.240 e. The number of rotatable bonds is 5. The summed E-state index contributed by atoms with van der Waals surface area (Å²) in [6, 6.07) is 6.03. The molecule has 1 aliphatic carbocycles. The van der Waals surface area contributed by atoms with Crippen molar-refractivity contribution >= 4 is 5.91 Å². The summed E-state index contributed by atoms with van der Waals surface area (Å²) in [4.78, 5) is 11.9. The lowest BCUT2D eigenvalue weighted by molar-refractivity contribution is -0.123. The molecule has 1 amide bonds. The van der Waals surface area contributed by atoms with Gasteiger partial charge < -0.3 is 20.5 Å². The molecule has 3 N–H and O–H groups in total. The van der Waals surface area contributed by atoms with E-state index in [1.54, 1.807) is 0 Å². The summed E-state index contributed by atoms with van der Waals surface area (Å²) in [5.74, 6) is 0.755. The van der Waals surface area contributed by atoms with Crippen molar-refractivity contribution in [1.29, 1.82) is 0 Å². The second-order valence-electron chi connectivity index (χ2n) is 6.05. The fourth-order valence-corrected chi connectivity index (χ4v) is 2.42. The zero-order valence-corrected chi connectivity index (χ0v) is 12.4. The third-order valence-corrected chi connectivity index (χ3v) is 4.08. The molecule has 1 unspecified atom stereocenters. The maximum absolute atomic E-state index is 11.9. The summed E-state index contributed by atoms with van der Waals surface area (Å²) < 4.78 is 11.4. The van der Waals surface area contributed by atoms with Crippen LogP contribution in [0.15, 0.2) is 18.2 Å². The molecule has 114 valence electrons. The molecule has 5 heteroatoms. The Bertz CT molecular complexity index is 534. The molecule has 1 aromatic rings. The molecule has 1 saturated carbocycles. The van der Waals surface area contributed by atoms with Crippen LogP contribution in [0, 0.1) is 6.92 Å². The van der Waals surface area contributed by atoms with Crippen LogP contribution < -0.4 is 15.8 Å². The van der Waals surface area contributed by atoms with E-state index in [1.807, 2.05) is 25.1 Å². The molecule has 0 aromatic heterocycles. The minimum Gasteiger partial charge on any atom is -0.488 e. The van der Waals surface area contributed by atoms with Gasteiger partial charge in [0.2, 0.25) is 5.91 Å². The number of amides is 1. The van der Waals surface area contributed by atoms with Gasteiger partial charge in [0.1, 0.15) is 11.9 Å². The second-order valence-corrected chi connectivity index (χ2v) is 6.05. The van der Waals surface area contributed by atoms with Gasteiger partial charge in [0.05, 0.1) is 18.8 Å². The van der Waals surface area contributed by atoms with E-state index in [2.05, 4.69) is 5.32 Å². The molecule has 1 atom stereocenters. The average Bonchev–Trinajstić information content (AvgIpc) is 3.00. The third-order valence-electron chi connectivity index (χ3n) is 4.08. The predicted molar refractivity (Wildman–Crippen MR) is 79.0 cm³/mol. The Morgan fingerprint density at radius 2 is 2.33 bits per heavy atom. The molecule has 5 nitrogen and oxygen atoms in total. The Morgan fingerprint density at radius 1 is 1.52 bits per heavy atom. The van der Waals surface area contributed by atoms with Crippen molar-refractivity contribution in [2.75, 3.05) is 13.2 Å². The number of ether oxygens (including phenoxy) is 2. The van der Waals surface area contributed by atoms with Crippen LogP contribution in [0.2, 0.25) is 0 Å². The van der Waals surface area contributed by atoms with E-state index >= 15 is 0 Å². The topological polar surface area (TPSA) is 73.6 Å². The Morgan fingerprint density at radius 3 is 3.00 bits per heavy atom. The third kappa shape index (κ3) is 3.36. The number of carbonyl (C=O) groups excluding carboxylic acids is 1. The van der Waals surface area contributed by atoms with E-state index in [0.29, 0.717) is 13.2 Å². The van der Waals surface area contributed by atoms with Gasteiger partial charge in [0.25, 0.3) is 0 Å². The van der Waals surface area contributed by atoms with Crippen molar-refractivity contribution in [3.8, 4) is 5.75 Å². The number of hydrogen-bond acceptors (Lipinski definition) is 4. The van der Waals surface area contributed by atoms with E-state index < -0.39 is 5.54 Å². The Kier molecular flexibility index (Phi) is 3.87. The Labute approximate surface area is 124 Å². The molecule has 0 spiro atoms. The summed E-state index contributed by atoms with van der Waals surface area (Å²) in [6.45, 7) is 3.85. The van der Waals surface area contributed by atoms with Crippen molar-refractivity contribution in [2.45, 2.75) is 44.4 Å². The highest BCUT2D eigenvalue weighted by atomic mass is 16.5. The minimum absolute atomic E-state index is 0.0711. The van der Waals surface area contributed by atoms with Gasteiger partial charge in [-0.3, -0.25) is 4.79 Å². The number of aryl methyl sites for hydroxylation is 1. The van der Waals surface area contributed by atoms with E-state index in [4.69, 9.17) is 15.2 Å². The van der Waals surface area contributed by atoms with Crippen LogP contribution in [0.1, 0.15) is 30.4 Å². The number of carbonyl (C=O) groups is 1. The first-order valence-electron chi connectivity index (χ1n) is 7.48. The van der Waals surface area contributed by atoms with E-state index in [9.17, 15) is 4.79 Å². The number of benzene rings is 1. The highest BCUT2D eigenvalue weighted by molar-refractivity contribution is 5.88. The molecule has 1 heterocycles. The molecule has 2 fully saturated rings. The molecule has 1 saturated heterocycles. The highest BCUT2D eigenvalue weighted by Crippen LogP contribution is 2.32.